The van der Waals surface area contributed by atoms with Crippen LogP contribution in [0.15, 0.2) is 53.7 Å². The number of aryl methyl sites for hydroxylation is 2. The number of rotatable bonds is 5. The van der Waals surface area contributed by atoms with Crippen LogP contribution in [0.1, 0.15) is 42.5 Å². The highest BCUT2D eigenvalue weighted by atomic mass is 32.2. The summed E-state index contributed by atoms with van der Waals surface area (Å²) in [5.41, 5.74) is 4.62. The Bertz CT molecular complexity index is 1010. The fraction of sp³-hybridized carbons (Fsp3) is 0.318. The average Bonchev–Trinajstić information content (AvgIpc) is 3.09. The number of benzene rings is 2. The molecule has 0 fully saturated rings. The highest BCUT2D eigenvalue weighted by Crippen LogP contribution is 2.31. The minimum atomic E-state index is -0.332. The number of aromatic nitrogens is 3. The highest BCUT2D eigenvalue weighted by Gasteiger charge is 2.25. The minimum Gasteiger partial charge on any atom is -0.348 e. The van der Waals surface area contributed by atoms with Gasteiger partial charge < -0.3 is 11.2 Å². The molecule has 29 heavy (non-hydrogen) atoms. The Morgan fingerprint density at radius 1 is 1.21 bits per heavy atom. The number of carbonyl (C=O) groups is 1. The van der Waals surface area contributed by atoms with E-state index in [1.165, 1.54) is 33.1 Å². The third kappa shape index (κ3) is 4.15. The van der Waals surface area contributed by atoms with Crippen LogP contribution in [0.3, 0.4) is 0 Å². The van der Waals surface area contributed by atoms with Gasteiger partial charge in [-0.15, -0.1) is 10.2 Å². The molecule has 0 saturated carbocycles. The third-order valence-corrected chi connectivity index (χ3v) is 6.37. The average molecular weight is 408 g/mol. The molecule has 3 aromatic rings. The van der Waals surface area contributed by atoms with Gasteiger partial charge in [-0.25, -0.2) is 4.68 Å². The first-order chi connectivity index (χ1) is 14.0. The topological polar surface area (TPSA) is 85.8 Å². The van der Waals surface area contributed by atoms with Gasteiger partial charge in [0.15, 0.2) is 5.82 Å². The van der Waals surface area contributed by atoms with E-state index in [4.69, 9.17) is 5.84 Å². The second-order valence-electron chi connectivity index (χ2n) is 7.45. The van der Waals surface area contributed by atoms with E-state index in [0.717, 1.165) is 24.8 Å². The second-order valence-corrected chi connectivity index (χ2v) is 8.76. The molecule has 1 amide bonds. The smallest absolute Gasteiger partial charge is 0.233 e. The summed E-state index contributed by atoms with van der Waals surface area (Å²) in [4.78, 5) is 12.8. The summed E-state index contributed by atoms with van der Waals surface area (Å²) >= 11 is 1.32. The van der Waals surface area contributed by atoms with Crippen LogP contribution in [0.4, 0.5) is 0 Å². The summed E-state index contributed by atoms with van der Waals surface area (Å²) in [6, 6.07) is 16.4. The number of nitrogens with one attached hydrogen (secondary N) is 1. The molecule has 0 bridgehead atoms. The first-order valence-corrected chi connectivity index (χ1v) is 10.7. The Labute approximate surface area is 174 Å². The van der Waals surface area contributed by atoms with Crippen LogP contribution in [0, 0.1) is 6.92 Å². The lowest BCUT2D eigenvalue weighted by molar-refractivity contribution is -0.121. The molecule has 1 aliphatic carbocycles. The molecule has 0 spiro atoms. The summed E-state index contributed by atoms with van der Waals surface area (Å²) in [5.74, 6) is 6.78. The zero-order valence-corrected chi connectivity index (χ0v) is 17.4. The van der Waals surface area contributed by atoms with Crippen molar-refractivity contribution in [3.63, 3.8) is 0 Å². The van der Waals surface area contributed by atoms with E-state index in [1.807, 2.05) is 44.2 Å². The Kier molecular flexibility index (Phi) is 5.58. The normalized spacial score (nSPS) is 16.8. The lowest BCUT2D eigenvalue weighted by atomic mass is 9.88. The molecule has 7 heteroatoms. The zero-order valence-electron chi connectivity index (χ0n) is 16.6. The van der Waals surface area contributed by atoms with E-state index >= 15 is 0 Å². The van der Waals surface area contributed by atoms with Crippen molar-refractivity contribution in [3.05, 3.63) is 65.2 Å². The van der Waals surface area contributed by atoms with Gasteiger partial charge in [-0.2, -0.15) is 0 Å². The number of thioether (sulfide) groups is 1. The molecule has 3 N–H and O–H groups in total. The first kappa shape index (κ1) is 19.5. The molecule has 1 aliphatic rings. The minimum absolute atomic E-state index is 0.0170. The first-order valence-electron chi connectivity index (χ1n) is 9.85. The lowest BCUT2D eigenvalue weighted by Crippen LogP contribution is -2.36. The van der Waals surface area contributed by atoms with E-state index in [-0.39, 0.29) is 17.2 Å². The molecule has 6 nitrogen and oxygen atoms in total. The van der Waals surface area contributed by atoms with Crippen LogP contribution in [-0.2, 0) is 11.2 Å². The molecular formula is C22H25N5OS. The summed E-state index contributed by atoms with van der Waals surface area (Å²) in [7, 11) is 0. The predicted molar refractivity (Wildman–Crippen MR) is 116 cm³/mol. The molecule has 4 rings (SSSR count). The Hall–Kier alpha value is -2.80. The maximum Gasteiger partial charge on any atom is 0.233 e. The van der Waals surface area contributed by atoms with Gasteiger partial charge in [-0.3, -0.25) is 4.79 Å². The molecule has 0 saturated heterocycles. The van der Waals surface area contributed by atoms with Gasteiger partial charge in [0.1, 0.15) is 0 Å². The maximum absolute atomic E-state index is 12.8. The number of fused-ring (bicyclic) bond motifs is 1. The van der Waals surface area contributed by atoms with Gasteiger partial charge >= 0.3 is 0 Å². The standard InChI is InChI=1S/C22H25N5OS/c1-14-10-12-17(13-11-14)20-25-26-22(27(20)23)29-15(2)21(28)24-19-9-5-7-16-6-3-4-8-18(16)19/h3-4,6,8,10-13,15,19H,5,7,9,23H2,1-2H3,(H,24,28)/t15-,19+/m1/s1. The van der Waals surface area contributed by atoms with E-state index in [2.05, 4.69) is 33.7 Å². The quantitative estimate of drug-likeness (QED) is 0.498. The third-order valence-electron chi connectivity index (χ3n) is 5.31. The van der Waals surface area contributed by atoms with Crippen molar-refractivity contribution in [1.29, 1.82) is 0 Å². The van der Waals surface area contributed by atoms with Crippen molar-refractivity contribution >= 4 is 17.7 Å². The summed E-state index contributed by atoms with van der Waals surface area (Å²) < 4.78 is 1.45. The number of nitrogen functional groups attached to an aromatic ring is 1. The highest BCUT2D eigenvalue weighted by molar-refractivity contribution is 8.00. The Morgan fingerprint density at radius 3 is 2.76 bits per heavy atom. The van der Waals surface area contributed by atoms with Gasteiger partial charge in [0.05, 0.1) is 11.3 Å². The van der Waals surface area contributed by atoms with Gasteiger partial charge in [-0.1, -0.05) is 65.9 Å². The number of amides is 1. The summed E-state index contributed by atoms with van der Waals surface area (Å²) in [6.45, 7) is 3.90. The molecular weight excluding hydrogens is 382 g/mol. The zero-order chi connectivity index (χ0) is 20.4. The Morgan fingerprint density at radius 2 is 1.97 bits per heavy atom. The fourth-order valence-corrected chi connectivity index (χ4v) is 4.44. The molecule has 2 aromatic carbocycles. The monoisotopic (exact) mass is 407 g/mol. The molecule has 150 valence electrons. The van der Waals surface area contributed by atoms with Crippen LogP contribution < -0.4 is 11.2 Å². The van der Waals surface area contributed by atoms with E-state index < -0.39 is 0 Å². The van der Waals surface area contributed by atoms with Crippen LogP contribution >= 0.6 is 11.8 Å². The molecule has 1 aromatic heterocycles. The van der Waals surface area contributed by atoms with Crippen molar-refractivity contribution in [1.82, 2.24) is 20.2 Å². The molecule has 0 radical (unpaired) electrons. The van der Waals surface area contributed by atoms with Gasteiger partial charge in [0.25, 0.3) is 0 Å². The number of nitrogens with zero attached hydrogens (tertiary/aromatic N) is 3. The molecule has 2 atom stereocenters. The summed E-state index contributed by atoms with van der Waals surface area (Å²) in [6.07, 6.45) is 3.12. The van der Waals surface area contributed by atoms with Crippen LogP contribution in [0.25, 0.3) is 11.4 Å². The lowest BCUT2D eigenvalue weighted by Gasteiger charge is -2.27. The van der Waals surface area contributed by atoms with Crippen molar-refractivity contribution in [2.24, 2.45) is 0 Å². The van der Waals surface area contributed by atoms with Crippen molar-refractivity contribution in [2.75, 3.05) is 5.84 Å². The van der Waals surface area contributed by atoms with Crippen molar-refractivity contribution in [2.45, 2.75) is 49.6 Å². The van der Waals surface area contributed by atoms with Gasteiger partial charge in [0, 0.05) is 5.56 Å². The van der Waals surface area contributed by atoms with Crippen LogP contribution in [0.2, 0.25) is 0 Å². The van der Waals surface area contributed by atoms with Crippen LogP contribution in [-0.4, -0.2) is 26.0 Å². The number of hydrogen-bond acceptors (Lipinski definition) is 5. The van der Waals surface area contributed by atoms with E-state index in [9.17, 15) is 4.79 Å². The SMILES string of the molecule is Cc1ccc(-c2nnc(S[C@H](C)C(=O)N[C@H]3CCCc4ccccc43)n2N)cc1. The number of hydrogen-bond donors (Lipinski definition) is 2. The molecule has 0 aliphatic heterocycles. The molecule has 0 unspecified atom stereocenters. The largest absolute Gasteiger partial charge is 0.348 e. The molecule has 1 heterocycles. The number of carbonyl (C=O) groups excluding carboxylic acids is 1. The van der Waals surface area contributed by atoms with Gasteiger partial charge in [-0.05, 0) is 44.2 Å². The van der Waals surface area contributed by atoms with Crippen molar-refractivity contribution < 1.29 is 4.79 Å². The maximum atomic E-state index is 12.8. The van der Waals surface area contributed by atoms with Gasteiger partial charge in [0.2, 0.25) is 11.1 Å². The number of nitrogens with two attached hydrogens (primary N) is 1. The fourth-order valence-electron chi connectivity index (χ4n) is 3.66. The Balaban J connectivity index is 1.44. The van der Waals surface area contributed by atoms with E-state index in [0.29, 0.717) is 11.0 Å². The van der Waals surface area contributed by atoms with Crippen molar-refractivity contribution in [3.8, 4) is 11.4 Å². The summed E-state index contributed by atoms with van der Waals surface area (Å²) in [5, 5.41) is 11.8. The predicted octanol–water partition coefficient (Wildman–Crippen LogP) is 3.64. The van der Waals surface area contributed by atoms with Crippen LogP contribution in [0.5, 0.6) is 0 Å². The second kappa shape index (κ2) is 8.29. The van der Waals surface area contributed by atoms with E-state index in [1.54, 1.807) is 0 Å².